The van der Waals surface area contributed by atoms with Crippen molar-refractivity contribution in [1.82, 2.24) is 4.98 Å². The normalized spacial score (nSPS) is 22.8. The largest absolute Gasteiger partial charge is 0.488 e. The van der Waals surface area contributed by atoms with Crippen LogP contribution in [0.2, 0.25) is 10.2 Å². The van der Waals surface area contributed by atoms with Crippen LogP contribution in [0.3, 0.4) is 0 Å². The maximum Gasteiger partial charge on any atom is 0.231 e. The Morgan fingerprint density at radius 2 is 2.19 bits per heavy atom. The molecule has 0 spiro atoms. The van der Waals surface area contributed by atoms with Crippen LogP contribution in [0.4, 0.5) is 0 Å². The number of amides is 1. The fourth-order valence-electron chi connectivity index (χ4n) is 1.74. The molecule has 4 nitrogen and oxygen atoms in total. The van der Waals surface area contributed by atoms with Crippen molar-refractivity contribution in [2.75, 3.05) is 6.61 Å². The van der Waals surface area contributed by atoms with Gasteiger partial charge in [-0.1, -0.05) is 23.2 Å². The number of halogens is 2. The Morgan fingerprint density at radius 1 is 1.56 bits per heavy atom. The van der Waals surface area contributed by atoms with Crippen LogP contribution in [0.5, 0.6) is 5.75 Å². The molecule has 16 heavy (non-hydrogen) atoms. The Balaban J connectivity index is 2.76. The molecule has 6 heteroatoms. The summed E-state index contributed by atoms with van der Waals surface area (Å²) in [6.07, 6.45) is 0. The number of rotatable bonds is 1. The SMILES string of the molecule is Cc1nc(Cl)c2c(c1Cl)C(C)(C(N)=O)CO2. The Labute approximate surface area is 103 Å². The van der Waals surface area contributed by atoms with Crippen LogP contribution in [-0.4, -0.2) is 17.5 Å². The zero-order chi connectivity index (χ0) is 12.1. The van der Waals surface area contributed by atoms with Gasteiger partial charge in [-0.05, 0) is 13.8 Å². The molecule has 0 aliphatic carbocycles. The van der Waals surface area contributed by atoms with E-state index in [4.69, 9.17) is 33.7 Å². The van der Waals surface area contributed by atoms with Crippen molar-refractivity contribution in [2.45, 2.75) is 19.3 Å². The average molecular weight is 261 g/mol. The number of nitrogens with two attached hydrogens (primary N) is 1. The van der Waals surface area contributed by atoms with Crippen molar-refractivity contribution in [1.29, 1.82) is 0 Å². The van der Waals surface area contributed by atoms with E-state index in [1.807, 2.05) is 0 Å². The topological polar surface area (TPSA) is 65.2 Å². The zero-order valence-electron chi connectivity index (χ0n) is 8.80. The molecular weight excluding hydrogens is 251 g/mol. The second-order valence-electron chi connectivity index (χ2n) is 3.99. The minimum absolute atomic E-state index is 0.141. The highest BCUT2D eigenvalue weighted by Gasteiger charge is 2.45. The van der Waals surface area contributed by atoms with Gasteiger partial charge in [0.1, 0.15) is 12.0 Å². The van der Waals surface area contributed by atoms with E-state index in [-0.39, 0.29) is 11.8 Å². The maximum absolute atomic E-state index is 11.5. The minimum Gasteiger partial charge on any atom is -0.488 e. The lowest BCUT2D eigenvalue weighted by molar-refractivity contribution is -0.123. The molecule has 1 atom stereocenters. The molecule has 1 aliphatic heterocycles. The second kappa shape index (κ2) is 3.50. The van der Waals surface area contributed by atoms with E-state index in [0.29, 0.717) is 22.0 Å². The third-order valence-electron chi connectivity index (χ3n) is 2.82. The minimum atomic E-state index is -0.941. The van der Waals surface area contributed by atoms with Crippen LogP contribution in [0.25, 0.3) is 0 Å². The number of hydrogen-bond acceptors (Lipinski definition) is 3. The first-order valence-electron chi connectivity index (χ1n) is 4.66. The number of primary amides is 1. The maximum atomic E-state index is 11.5. The van der Waals surface area contributed by atoms with Crippen LogP contribution < -0.4 is 10.5 Å². The van der Waals surface area contributed by atoms with Gasteiger partial charge in [-0.15, -0.1) is 0 Å². The van der Waals surface area contributed by atoms with Gasteiger partial charge in [0.15, 0.2) is 10.9 Å². The summed E-state index contributed by atoms with van der Waals surface area (Å²) in [4.78, 5) is 15.5. The molecule has 0 aromatic carbocycles. The van der Waals surface area contributed by atoms with Gasteiger partial charge in [0.2, 0.25) is 5.91 Å². The van der Waals surface area contributed by atoms with Crippen LogP contribution in [0, 0.1) is 6.92 Å². The number of ether oxygens (including phenoxy) is 1. The summed E-state index contributed by atoms with van der Waals surface area (Å²) in [6, 6.07) is 0. The molecule has 86 valence electrons. The molecule has 1 amide bonds. The van der Waals surface area contributed by atoms with Crippen molar-refractivity contribution in [3.05, 3.63) is 21.4 Å². The number of hydrogen-bond donors (Lipinski definition) is 1. The molecule has 0 fully saturated rings. The van der Waals surface area contributed by atoms with E-state index in [1.165, 1.54) is 0 Å². The Bertz CT molecular complexity index is 490. The highest BCUT2D eigenvalue weighted by Crippen LogP contribution is 2.46. The van der Waals surface area contributed by atoms with Gasteiger partial charge >= 0.3 is 0 Å². The monoisotopic (exact) mass is 260 g/mol. The third-order valence-corrected chi connectivity index (χ3v) is 3.54. The summed E-state index contributed by atoms with van der Waals surface area (Å²) in [6.45, 7) is 3.54. The Hall–Kier alpha value is -1.00. The van der Waals surface area contributed by atoms with Crippen molar-refractivity contribution >= 4 is 29.1 Å². The third kappa shape index (κ3) is 1.37. The number of aryl methyl sites for hydroxylation is 1. The first-order valence-corrected chi connectivity index (χ1v) is 5.42. The zero-order valence-corrected chi connectivity index (χ0v) is 10.3. The summed E-state index contributed by atoms with van der Waals surface area (Å²) < 4.78 is 5.36. The molecule has 0 saturated carbocycles. The average Bonchev–Trinajstić information content (AvgIpc) is 2.55. The summed E-state index contributed by atoms with van der Waals surface area (Å²) in [5, 5.41) is 0.597. The van der Waals surface area contributed by atoms with E-state index >= 15 is 0 Å². The smallest absolute Gasteiger partial charge is 0.231 e. The number of fused-ring (bicyclic) bond motifs is 1. The number of nitrogens with zero attached hydrogens (tertiary/aromatic N) is 1. The van der Waals surface area contributed by atoms with Gasteiger partial charge in [-0.25, -0.2) is 4.98 Å². The number of carbonyl (C=O) groups excluding carboxylic acids is 1. The number of carbonyl (C=O) groups is 1. The highest BCUT2D eigenvalue weighted by molar-refractivity contribution is 6.35. The molecular formula is C10H10Cl2N2O2. The predicted molar refractivity (Wildman–Crippen MR) is 61.0 cm³/mol. The van der Waals surface area contributed by atoms with E-state index in [0.717, 1.165) is 0 Å². The van der Waals surface area contributed by atoms with E-state index < -0.39 is 11.3 Å². The number of aromatic nitrogens is 1. The molecule has 2 N–H and O–H groups in total. The molecule has 2 rings (SSSR count). The summed E-state index contributed by atoms with van der Waals surface area (Å²) in [7, 11) is 0. The summed E-state index contributed by atoms with van der Waals surface area (Å²) in [5.41, 5.74) is 5.53. The number of pyridine rings is 1. The first kappa shape index (κ1) is 11.5. The fourth-order valence-corrected chi connectivity index (χ4v) is 2.35. The molecule has 2 heterocycles. The van der Waals surface area contributed by atoms with E-state index in [9.17, 15) is 4.79 Å². The van der Waals surface area contributed by atoms with Crippen LogP contribution >= 0.6 is 23.2 Å². The molecule has 0 saturated heterocycles. The Kier molecular flexibility index (Phi) is 2.51. The molecule has 1 aliphatic rings. The lowest BCUT2D eigenvalue weighted by Crippen LogP contribution is -2.40. The van der Waals surface area contributed by atoms with Gasteiger partial charge in [0.25, 0.3) is 0 Å². The Morgan fingerprint density at radius 3 is 2.75 bits per heavy atom. The lowest BCUT2D eigenvalue weighted by atomic mass is 9.84. The van der Waals surface area contributed by atoms with Crippen LogP contribution in [0.1, 0.15) is 18.2 Å². The highest BCUT2D eigenvalue weighted by atomic mass is 35.5. The van der Waals surface area contributed by atoms with Gasteiger partial charge in [-0.3, -0.25) is 4.79 Å². The van der Waals surface area contributed by atoms with Crippen molar-refractivity contribution in [2.24, 2.45) is 5.73 Å². The van der Waals surface area contributed by atoms with Gasteiger partial charge < -0.3 is 10.5 Å². The van der Waals surface area contributed by atoms with Gasteiger partial charge in [0, 0.05) is 5.56 Å². The second-order valence-corrected chi connectivity index (χ2v) is 4.73. The van der Waals surface area contributed by atoms with E-state index in [1.54, 1.807) is 13.8 Å². The van der Waals surface area contributed by atoms with Crippen molar-refractivity contribution < 1.29 is 9.53 Å². The van der Waals surface area contributed by atoms with Crippen molar-refractivity contribution in [3.8, 4) is 5.75 Å². The van der Waals surface area contributed by atoms with Crippen LogP contribution in [0.15, 0.2) is 0 Å². The molecule has 0 radical (unpaired) electrons. The fraction of sp³-hybridized carbons (Fsp3) is 0.400. The lowest BCUT2D eigenvalue weighted by Gasteiger charge is -2.19. The molecule has 1 aromatic heterocycles. The van der Waals surface area contributed by atoms with Crippen LogP contribution in [-0.2, 0) is 10.2 Å². The standard InChI is InChI=1S/C10H10Cl2N2O2/c1-4-6(11)5-7(8(12)14-4)16-3-10(5,2)9(13)15/h3H2,1-2H3,(H2,13,15). The first-order chi connectivity index (χ1) is 7.38. The van der Waals surface area contributed by atoms with Crippen molar-refractivity contribution in [3.63, 3.8) is 0 Å². The van der Waals surface area contributed by atoms with Gasteiger partial charge in [-0.2, -0.15) is 0 Å². The predicted octanol–water partition coefficient (Wildman–Crippen LogP) is 1.83. The molecule has 0 bridgehead atoms. The molecule has 1 unspecified atom stereocenters. The van der Waals surface area contributed by atoms with E-state index in [2.05, 4.69) is 4.98 Å². The summed E-state index contributed by atoms with van der Waals surface area (Å²) in [5.74, 6) is -0.131. The summed E-state index contributed by atoms with van der Waals surface area (Å²) >= 11 is 12.1. The van der Waals surface area contributed by atoms with Gasteiger partial charge in [0.05, 0.1) is 10.7 Å². The quantitative estimate of drug-likeness (QED) is 0.784. The molecule has 1 aromatic rings.